The lowest BCUT2D eigenvalue weighted by Crippen LogP contribution is -2.23. The van der Waals surface area contributed by atoms with Crippen molar-refractivity contribution in [3.63, 3.8) is 0 Å². The van der Waals surface area contributed by atoms with Crippen LogP contribution in [0.1, 0.15) is 28.2 Å². The Kier molecular flexibility index (Phi) is 6.10. The topological polar surface area (TPSA) is 107 Å². The molecule has 30 heavy (non-hydrogen) atoms. The molecule has 0 spiro atoms. The molecule has 0 fully saturated rings. The van der Waals surface area contributed by atoms with Crippen molar-refractivity contribution in [2.24, 2.45) is 0 Å². The molecule has 0 unspecified atom stereocenters. The maximum Gasteiger partial charge on any atom is 0.193 e. The van der Waals surface area contributed by atoms with Gasteiger partial charge in [-0.25, -0.2) is 0 Å². The first-order valence-corrected chi connectivity index (χ1v) is 9.27. The highest BCUT2D eigenvalue weighted by Gasteiger charge is 2.35. The van der Waals surface area contributed by atoms with E-state index in [9.17, 15) is 10.5 Å². The first-order chi connectivity index (χ1) is 14.7. The molecule has 0 radical (unpaired) electrons. The second-order valence-corrected chi connectivity index (χ2v) is 6.70. The summed E-state index contributed by atoms with van der Waals surface area (Å²) < 4.78 is 0. The third-order valence-corrected chi connectivity index (χ3v) is 4.93. The van der Waals surface area contributed by atoms with Gasteiger partial charge in [-0.1, -0.05) is 66.7 Å². The van der Waals surface area contributed by atoms with Crippen LogP contribution >= 0.6 is 0 Å². The van der Waals surface area contributed by atoms with Gasteiger partial charge in [0.1, 0.15) is 0 Å². The highest BCUT2D eigenvalue weighted by atomic mass is 14.9. The van der Waals surface area contributed by atoms with E-state index in [-0.39, 0.29) is 0 Å². The SMILES string of the molecule is N#CC(C#N)c1ccc(C(C#N)(C#N)c2ccc(NCc3ccccc3)cc2)cc1. The van der Waals surface area contributed by atoms with Gasteiger partial charge in [-0.05, 0) is 34.4 Å². The van der Waals surface area contributed by atoms with Gasteiger partial charge in [0.25, 0.3) is 0 Å². The molecule has 0 aliphatic rings. The van der Waals surface area contributed by atoms with E-state index in [0.717, 1.165) is 11.3 Å². The van der Waals surface area contributed by atoms with E-state index in [4.69, 9.17) is 10.5 Å². The fourth-order valence-corrected chi connectivity index (χ4v) is 3.19. The smallest absolute Gasteiger partial charge is 0.193 e. The Hall–Kier alpha value is -4.58. The van der Waals surface area contributed by atoms with Crippen molar-refractivity contribution < 1.29 is 0 Å². The Balaban J connectivity index is 1.85. The van der Waals surface area contributed by atoms with Crippen molar-refractivity contribution in [2.45, 2.75) is 17.9 Å². The highest BCUT2D eigenvalue weighted by Crippen LogP contribution is 2.33. The third-order valence-electron chi connectivity index (χ3n) is 4.93. The predicted molar refractivity (Wildman–Crippen MR) is 113 cm³/mol. The van der Waals surface area contributed by atoms with Gasteiger partial charge in [-0.3, -0.25) is 0 Å². The first-order valence-electron chi connectivity index (χ1n) is 9.27. The maximum atomic E-state index is 9.88. The summed E-state index contributed by atoms with van der Waals surface area (Å²) in [4.78, 5) is 0. The molecule has 5 heteroatoms. The van der Waals surface area contributed by atoms with Crippen LogP contribution in [0.25, 0.3) is 0 Å². The quantitative estimate of drug-likeness (QED) is 0.656. The molecule has 0 aromatic heterocycles. The number of rotatable bonds is 6. The zero-order chi connectivity index (χ0) is 21.4. The van der Waals surface area contributed by atoms with Crippen molar-refractivity contribution in [3.05, 3.63) is 101 Å². The van der Waals surface area contributed by atoms with E-state index in [0.29, 0.717) is 23.2 Å². The van der Waals surface area contributed by atoms with E-state index < -0.39 is 11.3 Å². The molecule has 0 atom stereocenters. The van der Waals surface area contributed by atoms with Crippen LogP contribution in [0.2, 0.25) is 0 Å². The van der Waals surface area contributed by atoms with E-state index in [1.165, 1.54) is 0 Å². The Morgan fingerprint density at radius 2 is 1.23 bits per heavy atom. The van der Waals surface area contributed by atoms with Crippen molar-refractivity contribution in [2.75, 3.05) is 5.32 Å². The summed E-state index contributed by atoms with van der Waals surface area (Å²) in [5.74, 6) is -0.882. The van der Waals surface area contributed by atoms with Gasteiger partial charge in [0.15, 0.2) is 11.3 Å². The molecule has 142 valence electrons. The molecule has 0 saturated heterocycles. The Morgan fingerprint density at radius 3 is 1.73 bits per heavy atom. The third kappa shape index (κ3) is 3.98. The molecule has 3 aromatic rings. The zero-order valence-corrected chi connectivity index (χ0v) is 16.1. The van der Waals surface area contributed by atoms with E-state index in [1.54, 1.807) is 36.4 Å². The lowest BCUT2D eigenvalue weighted by atomic mass is 9.76. The highest BCUT2D eigenvalue weighted by molar-refractivity contribution is 5.56. The molecule has 0 aliphatic heterocycles. The molecular weight excluding hydrogens is 370 g/mol. The van der Waals surface area contributed by atoms with Gasteiger partial charge in [-0.15, -0.1) is 0 Å². The van der Waals surface area contributed by atoms with E-state index in [1.807, 2.05) is 54.6 Å². The zero-order valence-electron chi connectivity index (χ0n) is 16.1. The number of hydrogen-bond donors (Lipinski definition) is 1. The summed E-state index contributed by atoms with van der Waals surface area (Å²) >= 11 is 0. The molecule has 5 nitrogen and oxygen atoms in total. The average Bonchev–Trinajstić information content (AvgIpc) is 2.82. The van der Waals surface area contributed by atoms with Gasteiger partial charge in [0.05, 0.1) is 24.3 Å². The summed E-state index contributed by atoms with van der Waals surface area (Å²) in [5.41, 5.74) is 2.14. The Labute approximate surface area is 175 Å². The molecule has 0 amide bonds. The minimum atomic E-state index is -1.48. The predicted octanol–water partition coefficient (Wildman–Crippen LogP) is 4.76. The van der Waals surface area contributed by atoms with Crippen molar-refractivity contribution in [1.29, 1.82) is 21.0 Å². The van der Waals surface area contributed by atoms with Crippen LogP contribution in [0.5, 0.6) is 0 Å². The minimum Gasteiger partial charge on any atom is -0.381 e. The first kappa shape index (κ1) is 20.2. The summed E-state index contributed by atoms with van der Waals surface area (Å²) in [6.45, 7) is 0.669. The van der Waals surface area contributed by atoms with Gasteiger partial charge in [-0.2, -0.15) is 21.0 Å². The Morgan fingerprint density at radius 1 is 0.700 bits per heavy atom. The number of anilines is 1. The molecule has 0 saturated carbocycles. The van der Waals surface area contributed by atoms with Gasteiger partial charge in [0, 0.05) is 12.2 Å². The standard InChI is InChI=1S/C25H17N5/c26-14-21(15-27)20-6-8-22(9-7-20)25(17-28,18-29)23-10-12-24(13-11-23)30-16-19-4-2-1-3-5-19/h1-13,21,30H,16H2. The lowest BCUT2D eigenvalue weighted by molar-refractivity contribution is 0.846. The second kappa shape index (κ2) is 9.07. The molecule has 0 aliphatic carbocycles. The van der Waals surface area contributed by atoms with Crippen molar-refractivity contribution in [3.8, 4) is 24.3 Å². The molecule has 3 aromatic carbocycles. The van der Waals surface area contributed by atoms with E-state index in [2.05, 4.69) is 17.5 Å². The summed E-state index contributed by atoms with van der Waals surface area (Å²) in [5, 5.41) is 41.2. The molecule has 3 rings (SSSR count). The maximum absolute atomic E-state index is 9.88. The largest absolute Gasteiger partial charge is 0.381 e. The molecule has 0 heterocycles. The number of nitrogens with zero attached hydrogens (tertiary/aromatic N) is 4. The number of nitriles is 4. The summed E-state index contributed by atoms with van der Waals surface area (Å²) in [7, 11) is 0. The van der Waals surface area contributed by atoms with Crippen LogP contribution in [0.15, 0.2) is 78.9 Å². The van der Waals surface area contributed by atoms with Crippen LogP contribution in [0.4, 0.5) is 5.69 Å². The summed E-state index contributed by atoms with van der Waals surface area (Å²) in [6.07, 6.45) is 0. The van der Waals surface area contributed by atoms with Crippen LogP contribution in [-0.4, -0.2) is 0 Å². The fourth-order valence-electron chi connectivity index (χ4n) is 3.19. The Bertz CT molecular complexity index is 1140. The number of nitrogens with one attached hydrogen (secondary N) is 1. The molecule has 0 bridgehead atoms. The fraction of sp³-hybridized carbons (Fsp3) is 0.120. The minimum absolute atomic E-state index is 0.496. The average molecular weight is 387 g/mol. The van der Waals surface area contributed by atoms with Crippen LogP contribution in [-0.2, 0) is 12.0 Å². The van der Waals surface area contributed by atoms with Gasteiger partial charge < -0.3 is 5.32 Å². The van der Waals surface area contributed by atoms with Crippen LogP contribution < -0.4 is 5.32 Å². The lowest BCUT2D eigenvalue weighted by Gasteiger charge is -2.20. The molecular formula is C25H17N5. The van der Waals surface area contributed by atoms with Crippen molar-refractivity contribution >= 4 is 5.69 Å². The van der Waals surface area contributed by atoms with Gasteiger partial charge >= 0.3 is 0 Å². The van der Waals surface area contributed by atoms with Crippen LogP contribution in [0, 0.1) is 45.3 Å². The summed E-state index contributed by atoms with van der Waals surface area (Å²) in [6, 6.07) is 31.8. The van der Waals surface area contributed by atoms with Crippen molar-refractivity contribution in [1.82, 2.24) is 0 Å². The number of hydrogen-bond acceptors (Lipinski definition) is 5. The second-order valence-electron chi connectivity index (χ2n) is 6.70. The normalized spacial score (nSPS) is 10.3. The van der Waals surface area contributed by atoms with E-state index >= 15 is 0 Å². The number of benzene rings is 3. The van der Waals surface area contributed by atoms with Crippen LogP contribution in [0.3, 0.4) is 0 Å². The van der Waals surface area contributed by atoms with Gasteiger partial charge in [0.2, 0.25) is 0 Å². The monoisotopic (exact) mass is 387 g/mol. The molecule has 1 N–H and O–H groups in total.